The number of hydrogen-bond acceptors (Lipinski definition) is 5. The Balaban J connectivity index is 1.70. The lowest BCUT2D eigenvalue weighted by Gasteiger charge is -2.45. The van der Waals surface area contributed by atoms with Gasteiger partial charge in [-0.25, -0.2) is 9.98 Å². The standard InChI is InChI=1S/C25H16F6N2OS2/c1-21-17(32-19(35-21)13-9-5-3-6-10-13)15-16(23(28,29)25(30,31)22(15,26)27)18-24(21,34-2)36-20(33-18)14-11-7-4-8-12-14/h3-12H,1-2H3. The minimum Gasteiger partial charge on any atom is -0.359 e. The van der Waals surface area contributed by atoms with Crippen LogP contribution in [0.15, 0.2) is 93.2 Å². The van der Waals surface area contributed by atoms with Gasteiger partial charge in [0.15, 0.2) is 4.93 Å². The molecule has 0 bridgehead atoms. The summed E-state index contributed by atoms with van der Waals surface area (Å²) in [5, 5.41) is 0.436. The molecule has 11 heteroatoms. The number of thioether (sulfide) groups is 2. The largest absolute Gasteiger partial charge is 0.380 e. The number of rotatable bonds is 3. The molecule has 0 radical (unpaired) electrons. The molecule has 4 aliphatic rings. The molecular formula is C25H16F6N2OS2. The van der Waals surface area contributed by atoms with Crippen molar-refractivity contribution in [2.75, 3.05) is 7.11 Å². The molecule has 3 nitrogen and oxygen atoms in total. The molecule has 1 fully saturated rings. The molecule has 186 valence electrons. The Morgan fingerprint density at radius 2 is 1.11 bits per heavy atom. The molecule has 2 unspecified atom stereocenters. The van der Waals surface area contributed by atoms with Crippen LogP contribution in [0.4, 0.5) is 26.3 Å². The van der Waals surface area contributed by atoms with Crippen molar-refractivity contribution in [1.82, 2.24) is 0 Å². The highest BCUT2D eigenvalue weighted by atomic mass is 32.2. The smallest absolute Gasteiger partial charge is 0.359 e. The van der Waals surface area contributed by atoms with E-state index in [-0.39, 0.29) is 10.1 Å². The van der Waals surface area contributed by atoms with E-state index in [9.17, 15) is 8.78 Å². The van der Waals surface area contributed by atoms with Crippen molar-refractivity contribution in [3.63, 3.8) is 0 Å². The van der Waals surface area contributed by atoms with E-state index in [0.717, 1.165) is 23.5 Å². The summed E-state index contributed by atoms with van der Waals surface area (Å²) in [6.07, 6.45) is 0. The summed E-state index contributed by atoms with van der Waals surface area (Å²) in [7, 11) is 1.23. The predicted octanol–water partition coefficient (Wildman–Crippen LogP) is 6.92. The molecule has 2 aromatic rings. The molecule has 0 N–H and O–H groups in total. The van der Waals surface area contributed by atoms with Gasteiger partial charge >= 0.3 is 17.8 Å². The highest BCUT2D eigenvalue weighted by Gasteiger charge is 2.85. The van der Waals surface area contributed by atoms with Crippen LogP contribution in [0.2, 0.25) is 0 Å². The number of aliphatic imine (C=N–C) groups is 2. The van der Waals surface area contributed by atoms with Crippen molar-refractivity contribution >= 4 is 33.6 Å². The summed E-state index contributed by atoms with van der Waals surface area (Å²) in [6, 6.07) is 17.0. The van der Waals surface area contributed by atoms with E-state index in [4.69, 9.17) is 4.74 Å². The zero-order chi connectivity index (χ0) is 25.7. The summed E-state index contributed by atoms with van der Waals surface area (Å²) in [5.74, 6) is -16.1. The Kier molecular flexibility index (Phi) is 4.84. The molecule has 0 spiro atoms. The van der Waals surface area contributed by atoms with Crippen LogP contribution in [0.5, 0.6) is 0 Å². The lowest BCUT2D eigenvalue weighted by Crippen LogP contribution is -2.52. The number of allylic oxidation sites excluding steroid dienone is 2. The number of fused-ring (bicyclic) bond motifs is 4. The van der Waals surface area contributed by atoms with Crippen LogP contribution in [0.25, 0.3) is 0 Å². The highest BCUT2D eigenvalue weighted by Crippen LogP contribution is 2.73. The van der Waals surface area contributed by atoms with Gasteiger partial charge in [-0.05, 0) is 6.92 Å². The zero-order valence-corrected chi connectivity index (χ0v) is 20.3. The van der Waals surface area contributed by atoms with Crippen molar-refractivity contribution in [3.8, 4) is 0 Å². The van der Waals surface area contributed by atoms with Crippen molar-refractivity contribution in [2.24, 2.45) is 9.98 Å². The molecule has 2 aromatic carbocycles. The lowest BCUT2D eigenvalue weighted by molar-refractivity contribution is -0.258. The van der Waals surface area contributed by atoms with E-state index in [1.807, 2.05) is 0 Å². The van der Waals surface area contributed by atoms with Crippen molar-refractivity contribution in [2.45, 2.75) is 34.4 Å². The van der Waals surface area contributed by atoms with Gasteiger partial charge in [-0.15, -0.1) is 0 Å². The molecule has 1 saturated carbocycles. The van der Waals surface area contributed by atoms with E-state index in [1.165, 1.54) is 14.0 Å². The zero-order valence-electron chi connectivity index (χ0n) is 18.7. The third-order valence-corrected chi connectivity index (χ3v) is 9.94. The molecule has 0 saturated heterocycles. The van der Waals surface area contributed by atoms with Gasteiger partial charge in [0.2, 0.25) is 0 Å². The maximum Gasteiger partial charge on any atom is 0.380 e. The van der Waals surface area contributed by atoms with Crippen LogP contribution in [0, 0.1) is 0 Å². The molecule has 0 aromatic heterocycles. The number of alkyl halides is 6. The first-order valence-corrected chi connectivity index (χ1v) is 12.4. The molecule has 2 aliphatic heterocycles. The minimum absolute atomic E-state index is 0.199. The summed E-state index contributed by atoms with van der Waals surface area (Å²) in [4.78, 5) is 6.77. The normalized spacial score (nSPS) is 31.1. The monoisotopic (exact) mass is 538 g/mol. The van der Waals surface area contributed by atoms with Crippen LogP contribution in [-0.4, -0.2) is 44.6 Å². The molecule has 36 heavy (non-hydrogen) atoms. The molecule has 0 amide bonds. The number of hydrogen-bond donors (Lipinski definition) is 0. The second-order valence-electron chi connectivity index (χ2n) is 8.79. The van der Waals surface area contributed by atoms with Crippen LogP contribution in [0.1, 0.15) is 18.1 Å². The van der Waals surface area contributed by atoms with E-state index < -0.39 is 50.0 Å². The van der Waals surface area contributed by atoms with Gasteiger partial charge in [0.25, 0.3) is 0 Å². The first-order valence-electron chi connectivity index (χ1n) is 10.8. The number of halogens is 6. The van der Waals surface area contributed by atoms with E-state index >= 15 is 17.6 Å². The fourth-order valence-corrected chi connectivity index (χ4v) is 7.89. The average molecular weight is 539 g/mol. The topological polar surface area (TPSA) is 34.0 Å². The second kappa shape index (κ2) is 7.29. The van der Waals surface area contributed by atoms with Crippen molar-refractivity contribution in [1.29, 1.82) is 0 Å². The first kappa shape index (κ1) is 23.9. The molecule has 2 heterocycles. The summed E-state index contributed by atoms with van der Waals surface area (Å²) >= 11 is 1.95. The van der Waals surface area contributed by atoms with E-state index in [1.54, 1.807) is 60.7 Å². The number of ether oxygens (including phenoxy) is 1. The van der Waals surface area contributed by atoms with Gasteiger partial charge in [0.1, 0.15) is 14.8 Å². The summed E-state index contributed by atoms with van der Waals surface area (Å²) in [5.41, 5.74) is -3.11. The van der Waals surface area contributed by atoms with Crippen LogP contribution >= 0.6 is 23.5 Å². The summed E-state index contributed by atoms with van der Waals surface area (Å²) < 4.78 is 95.1. The van der Waals surface area contributed by atoms with Gasteiger partial charge < -0.3 is 4.74 Å². The van der Waals surface area contributed by atoms with Gasteiger partial charge in [0.05, 0.1) is 22.5 Å². The molecule has 2 aliphatic carbocycles. The van der Waals surface area contributed by atoms with Crippen LogP contribution in [-0.2, 0) is 4.74 Å². The molecule has 2 atom stereocenters. The third kappa shape index (κ3) is 2.63. The third-order valence-electron chi connectivity index (χ3n) is 6.83. The van der Waals surface area contributed by atoms with Crippen LogP contribution in [0.3, 0.4) is 0 Å². The quantitative estimate of drug-likeness (QED) is 0.398. The van der Waals surface area contributed by atoms with E-state index in [2.05, 4.69) is 9.98 Å². The average Bonchev–Trinajstić information content (AvgIpc) is 3.46. The number of benzene rings is 2. The van der Waals surface area contributed by atoms with Crippen molar-refractivity contribution in [3.05, 3.63) is 94.3 Å². The lowest BCUT2D eigenvalue weighted by atomic mass is 9.82. The number of nitrogens with zero attached hydrogens (tertiary/aromatic N) is 2. The minimum atomic E-state index is -5.68. The second-order valence-corrected chi connectivity index (χ2v) is 11.4. The highest BCUT2D eigenvalue weighted by molar-refractivity contribution is 8.19. The Hall–Kier alpha value is -2.50. The molecular weight excluding hydrogens is 522 g/mol. The number of methoxy groups -OCH3 is 1. The first-order chi connectivity index (χ1) is 16.9. The van der Waals surface area contributed by atoms with Gasteiger partial charge in [-0.3, -0.25) is 0 Å². The van der Waals surface area contributed by atoms with Gasteiger partial charge in [0, 0.05) is 18.2 Å². The Morgan fingerprint density at radius 1 is 0.667 bits per heavy atom. The maximum absolute atomic E-state index is 15.3. The van der Waals surface area contributed by atoms with Crippen molar-refractivity contribution < 1.29 is 31.1 Å². The van der Waals surface area contributed by atoms with Gasteiger partial charge in [-0.2, -0.15) is 26.3 Å². The fraction of sp³-hybridized carbons (Fsp3) is 0.280. The predicted molar refractivity (Wildman–Crippen MR) is 128 cm³/mol. The fourth-order valence-electron chi connectivity index (χ4n) is 5.02. The molecule has 6 rings (SSSR count). The summed E-state index contributed by atoms with van der Waals surface area (Å²) in [6.45, 7) is 1.50. The van der Waals surface area contributed by atoms with Gasteiger partial charge in [-0.1, -0.05) is 84.2 Å². The Labute approximate surface area is 210 Å². The van der Waals surface area contributed by atoms with E-state index in [0.29, 0.717) is 11.1 Å². The maximum atomic E-state index is 15.3. The SMILES string of the molecule is COC12SC(c3ccccc3)=NC1=C1C(=C3N=C(c4ccccc4)SC32C)C(F)(F)C(F)(F)C1(F)F. The Morgan fingerprint density at radius 3 is 1.61 bits per heavy atom. The Bertz CT molecular complexity index is 1420. The van der Waals surface area contributed by atoms with Crippen LogP contribution < -0.4 is 0 Å².